The first-order chi connectivity index (χ1) is 7.77. The molecule has 1 aromatic rings. The van der Waals surface area contributed by atoms with Crippen LogP contribution in [0.4, 0.5) is 0 Å². The first-order valence-electron chi connectivity index (χ1n) is 5.89. The molecule has 0 aliphatic carbocycles. The van der Waals surface area contributed by atoms with Gasteiger partial charge in [-0.1, -0.05) is 37.9 Å². The number of hydrogen-bond donors (Lipinski definition) is 1. The summed E-state index contributed by atoms with van der Waals surface area (Å²) in [6, 6.07) is 5.96. The van der Waals surface area contributed by atoms with Crippen LogP contribution in [0.1, 0.15) is 32.3 Å². The number of benzene rings is 1. The smallest absolute Gasteiger partial charge is 0.137 e. The largest absolute Gasteiger partial charge is 0.492 e. The van der Waals surface area contributed by atoms with E-state index < -0.39 is 0 Å². The molecule has 0 aliphatic heterocycles. The minimum absolute atomic E-state index is 0.700. The van der Waals surface area contributed by atoms with Gasteiger partial charge >= 0.3 is 0 Å². The number of halogens is 1. The molecule has 0 amide bonds. The number of ether oxygens (including phenoxy) is 1. The first kappa shape index (κ1) is 13.3. The predicted molar refractivity (Wildman–Crippen MR) is 69.2 cm³/mol. The van der Waals surface area contributed by atoms with Gasteiger partial charge in [-0.2, -0.15) is 0 Å². The van der Waals surface area contributed by atoms with Gasteiger partial charge in [0.25, 0.3) is 0 Å². The molecule has 0 aromatic heterocycles. The Bertz CT molecular complexity index is 315. The van der Waals surface area contributed by atoms with E-state index in [1.54, 1.807) is 0 Å². The summed E-state index contributed by atoms with van der Waals surface area (Å²) < 4.78 is 5.58. The first-order valence-corrected chi connectivity index (χ1v) is 6.27. The van der Waals surface area contributed by atoms with Crippen molar-refractivity contribution in [1.82, 2.24) is 5.32 Å². The number of unbranched alkanes of at least 4 members (excludes halogenated alkanes) is 1. The average Bonchev–Trinajstić information content (AvgIpc) is 2.29. The second kappa shape index (κ2) is 7.53. The van der Waals surface area contributed by atoms with Gasteiger partial charge in [-0.15, -0.1) is 0 Å². The Morgan fingerprint density at radius 2 is 2.12 bits per heavy atom. The third-order valence-electron chi connectivity index (χ3n) is 2.33. The van der Waals surface area contributed by atoms with Crippen LogP contribution >= 0.6 is 11.6 Å². The van der Waals surface area contributed by atoms with Gasteiger partial charge in [0.15, 0.2) is 0 Å². The molecule has 1 rings (SSSR count). The molecule has 3 heteroatoms. The standard InChI is InChI=1S/C13H20ClNO/c1-3-5-8-16-13-7-6-11(9-12(13)14)10-15-4-2/h6-7,9,15H,3-5,8,10H2,1-2H3. The van der Waals surface area contributed by atoms with Crippen LogP contribution < -0.4 is 10.1 Å². The molecule has 0 saturated heterocycles. The van der Waals surface area contributed by atoms with Crippen molar-refractivity contribution < 1.29 is 4.74 Å². The van der Waals surface area contributed by atoms with Crippen LogP contribution in [0.5, 0.6) is 5.75 Å². The molecule has 0 spiro atoms. The van der Waals surface area contributed by atoms with Crippen LogP contribution in [0.25, 0.3) is 0 Å². The lowest BCUT2D eigenvalue weighted by atomic mass is 10.2. The molecule has 1 aromatic carbocycles. The summed E-state index contributed by atoms with van der Waals surface area (Å²) in [5.74, 6) is 0.787. The van der Waals surface area contributed by atoms with Crippen LogP contribution in [0.15, 0.2) is 18.2 Å². The predicted octanol–water partition coefficient (Wildman–Crippen LogP) is 3.63. The maximum Gasteiger partial charge on any atom is 0.137 e. The van der Waals surface area contributed by atoms with Gasteiger partial charge < -0.3 is 10.1 Å². The van der Waals surface area contributed by atoms with Crippen molar-refractivity contribution in [2.24, 2.45) is 0 Å². The van der Waals surface area contributed by atoms with E-state index in [0.717, 1.165) is 38.3 Å². The van der Waals surface area contributed by atoms with Gasteiger partial charge in [0.1, 0.15) is 5.75 Å². The van der Waals surface area contributed by atoms with Crippen LogP contribution in [0.3, 0.4) is 0 Å². The van der Waals surface area contributed by atoms with Gasteiger partial charge in [-0.25, -0.2) is 0 Å². The fraction of sp³-hybridized carbons (Fsp3) is 0.538. The molecule has 0 unspecified atom stereocenters. The highest BCUT2D eigenvalue weighted by Gasteiger charge is 2.02. The third kappa shape index (κ3) is 4.42. The van der Waals surface area contributed by atoms with Crippen molar-refractivity contribution in [2.75, 3.05) is 13.2 Å². The quantitative estimate of drug-likeness (QED) is 0.736. The zero-order valence-electron chi connectivity index (χ0n) is 10.1. The van der Waals surface area contributed by atoms with Crippen LogP contribution in [0, 0.1) is 0 Å². The average molecular weight is 242 g/mol. The van der Waals surface area contributed by atoms with Gasteiger partial charge in [0, 0.05) is 6.54 Å². The van der Waals surface area contributed by atoms with Gasteiger partial charge in [0.2, 0.25) is 0 Å². The minimum atomic E-state index is 0.700. The van der Waals surface area contributed by atoms with E-state index in [9.17, 15) is 0 Å². The Kier molecular flexibility index (Phi) is 6.27. The van der Waals surface area contributed by atoms with Gasteiger partial charge in [-0.05, 0) is 30.7 Å². The molecule has 0 aliphatic rings. The number of hydrogen-bond acceptors (Lipinski definition) is 2. The van der Waals surface area contributed by atoms with Crippen LogP contribution in [0.2, 0.25) is 5.02 Å². The van der Waals surface area contributed by atoms with Gasteiger partial charge in [0.05, 0.1) is 11.6 Å². The Morgan fingerprint density at radius 1 is 1.31 bits per heavy atom. The molecule has 1 N–H and O–H groups in total. The van der Waals surface area contributed by atoms with Gasteiger partial charge in [-0.3, -0.25) is 0 Å². The highest BCUT2D eigenvalue weighted by atomic mass is 35.5. The zero-order chi connectivity index (χ0) is 11.8. The number of rotatable bonds is 7. The zero-order valence-corrected chi connectivity index (χ0v) is 10.8. The molecular weight excluding hydrogens is 222 g/mol. The molecular formula is C13H20ClNO. The monoisotopic (exact) mass is 241 g/mol. The minimum Gasteiger partial charge on any atom is -0.492 e. The van der Waals surface area contributed by atoms with E-state index in [1.165, 1.54) is 5.56 Å². The third-order valence-corrected chi connectivity index (χ3v) is 2.63. The van der Waals surface area contributed by atoms with Crippen molar-refractivity contribution in [3.05, 3.63) is 28.8 Å². The normalized spacial score (nSPS) is 10.4. The summed E-state index contributed by atoms with van der Waals surface area (Å²) in [4.78, 5) is 0. The SMILES string of the molecule is CCCCOc1ccc(CNCC)cc1Cl. The van der Waals surface area contributed by atoms with Crippen molar-refractivity contribution in [1.29, 1.82) is 0 Å². The Balaban J connectivity index is 2.53. The van der Waals surface area contributed by atoms with E-state index in [-0.39, 0.29) is 0 Å². The Hall–Kier alpha value is -0.730. The van der Waals surface area contributed by atoms with E-state index in [2.05, 4.69) is 25.2 Å². The molecule has 2 nitrogen and oxygen atoms in total. The highest BCUT2D eigenvalue weighted by Crippen LogP contribution is 2.25. The Labute approximate surface area is 103 Å². The van der Waals surface area contributed by atoms with Crippen molar-refractivity contribution in [2.45, 2.75) is 33.2 Å². The lowest BCUT2D eigenvalue weighted by molar-refractivity contribution is 0.309. The summed E-state index contributed by atoms with van der Waals surface area (Å²) in [6.45, 7) is 6.79. The molecule has 0 bridgehead atoms. The fourth-order valence-electron chi connectivity index (χ4n) is 1.37. The molecule has 0 heterocycles. The highest BCUT2D eigenvalue weighted by molar-refractivity contribution is 6.32. The second-order valence-electron chi connectivity index (χ2n) is 3.75. The molecule has 16 heavy (non-hydrogen) atoms. The topological polar surface area (TPSA) is 21.3 Å². The van der Waals surface area contributed by atoms with Crippen LogP contribution in [-0.2, 0) is 6.54 Å². The summed E-state index contributed by atoms with van der Waals surface area (Å²) in [5, 5.41) is 3.96. The maximum absolute atomic E-state index is 6.13. The molecule has 0 atom stereocenters. The number of nitrogens with one attached hydrogen (secondary N) is 1. The summed E-state index contributed by atoms with van der Waals surface area (Å²) in [6.07, 6.45) is 2.20. The lowest BCUT2D eigenvalue weighted by Gasteiger charge is -2.09. The van der Waals surface area contributed by atoms with E-state index in [4.69, 9.17) is 16.3 Å². The molecule has 90 valence electrons. The summed E-state index contributed by atoms with van der Waals surface area (Å²) in [7, 11) is 0. The lowest BCUT2D eigenvalue weighted by Crippen LogP contribution is -2.11. The summed E-state index contributed by atoms with van der Waals surface area (Å²) in [5.41, 5.74) is 1.19. The van der Waals surface area contributed by atoms with Crippen molar-refractivity contribution in [3.8, 4) is 5.75 Å². The molecule has 0 saturated carbocycles. The van der Waals surface area contributed by atoms with Crippen molar-refractivity contribution >= 4 is 11.6 Å². The fourth-order valence-corrected chi connectivity index (χ4v) is 1.62. The van der Waals surface area contributed by atoms with Crippen molar-refractivity contribution in [3.63, 3.8) is 0 Å². The summed E-state index contributed by atoms with van der Waals surface area (Å²) >= 11 is 6.13. The maximum atomic E-state index is 6.13. The van der Waals surface area contributed by atoms with E-state index in [1.807, 2.05) is 12.1 Å². The van der Waals surface area contributed by atoms with E-state index >= 15 is 0 Å². The second-order valence-corrected chi connectivity index (χ2v) is 4.15. The Morgan fingerprint density at radius 3 is 2.75 bits per heavy atom. The molecule has 0 fully saturated rings. The van der Waals surface area contributed by atoms with E-state index in [0.29, 0.717) is 5.02 Å². The molecule has 0 radical (unpaired) electrons. The van der Waals surface area contributed by atoms with Crippen LogP contribution in [-0.4, -0.2) is 13.2 Å².